The highest BCUT2D eigenvalue weighted by molar-refractivity contribution is 6.39. The lowest BCUT2D eigenvalue weighted by atomic mass is 10.1. The Hall–Kier alpha value is -1.55. The van der Waals surface area contributed by atoms with Crippen LogP contribution in [0.2, 0.25) is 5.02 Å². The molecule has 0 aliphatic heterocycles. The molecule has 2 amide bonds. The molecule has 1 aromatic carbocycles. The molecular formula is C16H23ClN2O2. The van der Waals surface area contributed by atoms with Crippen molar-refractivity contribution in [1.82, 2.24) is 5.32 Å². The van der Waals surface area contributed by atoms with Gasteiger partial charge in [-0.2, -0.15) is 0 Å². The molecule has 0 heterocycles. The van der Waals surface area contributed by atoms with E-state index in [0.717, 1.165) is 18.4 Å². The van der Waals surface area contributed by atoms with Gasteiger partial charge in [-0.05, 0) is 31.0 Å². The molecule has 0 aromatic heterocycles. The molecule has 0 saturated heterocycles. The Balaban J connectivity index is 2.30. The van der Waals surface area contributed by atoms with E-state index in [1.165, 1.54) is 19.3 Å². The van der Waals surface area contributed by atoms with E-state index in [2.05, 4.69) is 17.6 Å². The van der Waals surface area contributed by atoms with Crippen molar-refractivity contribution in [2.75, 3.05) is 11.9 Å². The molecule has 1 rings (SSSR count). The fourth-order valence-corrected chi connectivity index (χ4v) is 2.05. The van der Waals surface area contributed by atoms with Crippen LogP contribution in [0.3, 0.4) is 0 Å². The molecule has 0 radical (unpaired) electrons. The van der Waals surface area contributed by atoms with Crippen molar-refractivity contribution >= 4 is 29.1 Å². The lowest BCUT2D eigenvalue weighted by molar-refractivity contribution is -0.136. The Morgan fingerprint density at radius 3 is 2.48 bits per heavy atom. The first-order chi connectivity index (χ1) is 10.0. The number of carbonyl (C=O) groups is 2. The maximum Gasteiger partial charge on any atom is 0.313 e. The van der Waals surface area contributed by atoms with Crippen molar-refractivity contribution < 1.29 is 9.59 Å². The van der Waals surface area contributed by atoms with E-state index in [4.69, 9.17) is 11.6 Å². The van der Waals surface area contributed by atoms with Crippen LogP contribution < -0.4 is 10.6 Å². The summed E-state index contributed by atoms with van der Waals surface area (Å²) in [6.07, 6.45) is 5.54. The van der Waals surface area contributed by atoms with Gasteiger partial charge in [0, 0.05) is 17.3 Å². The average molecular weight is 311 g/mol. The smallest absolute Gasteiger partial charge is 0.313 e. The van der Waals surface area contributed by atoms with Crippen molar-refractivity contribution in [3.63, 3.8) is 0 Å². The van der Waals surface area contributed by atoms with E-state index >= 15 is 0 Å². The SMILES string of the molecule is CCCCCCCNC(=O)C(=O)Nc1ccc(C)c(Cl)c1. The molecule has 5 heteroatoms. The minimum absolute atomic E-state index is 0.522. The van der Waals surface area contributed by atoms with Gasteiger partial charge in [-0.25, -0.2) is 0 Å². The number of anilines is 1. The lowest BCUT2D eigenvalue weighted by Crippen LogP contribution is -2.35. The maximum absolute atomic E-state index is 11.7. The number of halogens is 1. The number of carbonyl (C=O) groups excluding carboxylic acids is 2. The number of nitrogens with one attached hydrogen (secondary N) is 2. The highest BCUT2D eigenvalue weighted by atomic mass is 35.5. The molecule has 0 atom stereocenters. The van der Waals surface area contributed by atoms with Crippen LogP contribution in [0.1, 0.15) is 44.6 Å². The summed E-state index contributed by atoms with van der Waals surface area (Å²) < 4.78 is 0. The molecule has 2 N–H and O–H groups in total. The van der Waals surface area contributed by atoms with Crippen LogP contribution in [0.5, 0.6) is 0 Å². The third kappa shape index (κ3) is 6.63. The van der Waals surface area contributed by atoms with Crippen LogP contribution in [0.15, 0.2) is 18.2 Å². The van der Waals surface area contributed by atoms with Crippen molar-refractivity contribution in [3.05, 3.63) is 28.8 Å². The fourth-order valence-electron chi connectivity index (χ4n) is 1.87. The summed E-state index contributed by atoms with van der Waals surface area (Å²) >= 11 is 5.97. The standard InChI is InChI=1S/C16H23ClN2O2/c1-3-4-5-6-7-10-18-15(20)16(21)19-13-9-8-12(2)14(17)11-13/h8-9,11H,3-7,10H2,1-2H3,(H,18,20)(H,19,21). The second kappa shape index (κ2) is 9.40. The highest BCUT2D eigenvalue weighted by Crippen LogP contribution is 2.19. The molecule has 0 unspecified atom stereocenters. The van der Waals surface area contributed by atoms with Crippen molar-refractivity contribution in [3.8, 4) is 0 Å². The zero-order valence-electron chi connectivity index (χ0n) is 12.7. The van der Waals surface area contributed by atoms with Gasteiger partial charge in [0.25, 0.3) is 0 Å². The van der Waals surface area contributed by atoms with Gasteiger partial charge in [0.05, 0.1) is 0 Å². The summed E-state index contributed by atoms with van der Waals surface area (Å²) in [5.74, 6) is -1.27. The van der Waals surface area contributed by atoms with E-state index in [-0.39, 0.29) is 0 Å². The summed E-state index contributed by atoms with van der Waals surface area (Å²) in [6, 6.07) is 5.15. The van der Waals surface area contributed by atoms with Crippen LogP contribution in [0.25, 0.3) is 0 Å². The van der Waals surface area contributed by atoms with Crippen molar-refractivity contribution in [1.29, 1.82) is 0 Å². The molecule has 116 valence electrons. The number of hydrogen-bond acceptors (Lipinski definition) is 2. The summed E-state index contributed by atoms with van der Waals surface area (Å²) in [6.45, 7) is 4.56. The van der Waals surface area contributed by atoms with Crippen LogP contribution in [0.4, 0.5) is 5.69 Å². The van der Waals surface area contributed by atoms with Crippen LogP contribution in [-0.4, -0.2) is 18.4 Å². The normalized spacial score (nSPS) is 10.2. The number of hydrogen-bond donors (Lipinski definition) is 2. The predicted molar refractivity (Wildman–Crippen MR) is 86.6 cm³/mol. The fraction of sp³-hybridized carbons (Fsp3) is 0.500. The molecule has 1 aromatic rings. The van der Waals surface area contributed by atoms with E-state index < -0.39 is 11.8 Å². The van der Waals surface area contributed by atoms with Gasteiger partial charge in [0.1, 0.15) is 0 Å². The van der Waals surface area contributed by atoms with Gasteiger partial charge in [-0.3, -0.25) is 9.59 Å². The van der Waals surface area contributed by atoms with Crippen molar-refractivity contribution in [2.45, 2.75) is 46.0 Å². The third-order valence-corrected chi connectivity index (χ3v) is 3.61. The Kier molecular flexibility index (Phi) is 7.83. The maximum atomic E-state index is 11.7. The number of aryl methyl sites for hydroxylation is 1. The largest absolute Gasteiger partial charge is 0.348 e. The van der Waals surface area contributed by atoms with Gasteiger partial charge in [-0.15, -0.1) is 0 Å². The molecule has 0 spiro atoms. The van der Waals surface area contributed by atoms with Gasteiger partial charge in [-0.1, -0.05) is 50.3 Å². The quantitative estimate of drug-likeness (QED) is 0.596. The van der Waals surface area contributed by atoms with E-state index in [1.54, 1.807) is 18.2 Å². The number of unbranched alkanes of at least 4 members (excludes halogenated alkanes) is 4. The third-order valence-electron chi connectivity index (χ3n) is 3.20. The second-order valence-corrected chi connectivity index (χ2v) is 5.50. The Morgan fingerprint density at radius 1 is 1.10 bits per heavy atom. The summed E-state index contributed by atoms with van der Waals surface area (Å²) in [5, 5.41) is 5.72. The van der Waals surface area contributed by atoms with E-state index in [0.29, 0.717) is 17.3 Å². The Labute approximate surface area is 131 Å². The first kappa shape index (κ1) is 17.5. The van der Waals surface area contributed by atoms with Crippen LogP contribution >= 0.6 is 11.6 Å². The minimum atomic E-state index is -0.663. The molecule has 21 heavy (non-hydrogen) atoms. The van der Waals surface area contributed by atoms with Gasteiger partial charge >= 0.3 is 11.8 Å². The molecule has 4 nitrogen and oxygen atoms in total. The zero-order valence-corrected chi connectivity index (χ0v) is 13.4. The highest BCUT2D eigenvalue weighted by Gasteiger charge is 2.13. The lowest BCUT2D eigenvalue weighted by Gasteiger charge is -2.07. The van der Waals surface area contributed by atoms with Gasteiger partial charge < -0.3 is 10.6 Å². The molecule has 0 aliphatic carbocycles. The number of rotatable bonds is 7. The second-order valence-electron chi connectivity index (χ2n) is 5.09. The number of amides is 2. The monoisotopic (exact) mass is 310 g/mol. The van der Waals surface area contributed by atoms with E-state index in [9.17, 15) is 9.59 Å². The van der Waals surface area contributed by atoms with Crippen LogP contribution in [0, 0.1) is 6.92 Å². The first-order valence-corrected chi connectivity index (χ1v) is 7.77. The van der Waals surface area contributed by atoms with Crippen molar-refractivity contribution in [2.24, 2.45) is 0 Å². The topological polar surface area (TPSA) is 58.2 Å². The Bertz CT molecular complexity index is 489. The molecule has 0 fully saturated rings. The van der Waals surface area contributed by atoms with Crippen LogP contribution in [-0.2, 0) is 9.59 Å². The van der Waals surface area contributed by atoms with E-state index in [1.807, 2.05) is 6.92 Å². The average Bonchev–Trinajstić information content (AvgIpc) is 2.46. The molecule has 0 aliphatic rings. The Morgan fingerprint density at radius 2 is 1.81 bits per heavy atom. The number of benzene rings is 1. The molecular weight excluding hydrogens is 288 g/mol. The zero-order chi connectivity index (χ0) is 15.7. The molecule has 0 bridgehead atoms. The molecule has 0 saturated carbocycles. The minimum Gasteiger partial charge on any atom is -0.348 e. The predicted octanol–water partition coefficient (Wildman–Crippen LogP) is 3.67. The van der Waals surface area contributed by atoms with Gasteiger partial charge in [0.15, 0.2) is 0 Å². The summed E-state index contributed by atoms with van der Waals surface area (Å²) in [5.41, 5.74) is 1.44. The summed E-state index contributed by atoms with van der Waals surface area (Å²) in [7, 11) is 0. The first-order valence-electron chi connectivity index (χ1n) is 7.40. The summed E-state index contributed by atoms with van der Waals surface area (Å²) in [4.78, 5) is 23.3. The van der Waals surface area contributed by atoms with Gasteiger partial charge in [0.2, 0.25) is 0 Å².